The van der Waals surface area contributed by atoms with Gasteiger partial charge in [0.2, 0.25) is 6.04 Å². The summed E-state index contributed by atoms with van der Waals surface area (Å²) in [5, 5.41) is 15.6. The van der Waals surface area contributed by atoms with E-state index < -0.39 is 30.0 Å². The molecule has 2 aromatic carbocycles. The van der Waals surface area contributed by atoms with Crippen molar-refractivity contribution in [1.29, 1.82) is 0 Å². The third kappa shape index (κ3) is 3.57. The van der Waals surface area contributed by atoms with E-state index in [-0.39, 0.29) is 11.5 Å². The third-order valence-corrected chi connectivity index (χ3v) is 4.88. The van der Waals surface area contributed by atoms with Gasteiger partial charge in [-0.15, -0.1) is 0 Å². The SMILES string of the molecule is CCOC(=O)[C@H]1N[C@@H](c2ccccc2)[C@@H]([N+](=O)[O-])[C@@H]1c1ccc(Cl)cc1. The molecule has 0 bridgehead atoms. The molecule has 0 saturated carbocycles. The van der Waals surface area contributed by atoms with Crippen molar-refractivity contribution in [2.75, 3.05) is 6.61 Å². The van der Waals surface area contributed by atoms with Crippen LogP contribution < -0.4 is 5.32 Å². The topological polar surface area (TPSA) is 81.5 Å². The molecule has 0 spiro atoms. The van der Waals surface area contributed by atoms with Gasteiger partial charge in [0, 0.05) is 9.95 Å². The highest BCUT2D eigenvalue weighted by Gasteiger charge is 2.54. The van der Waals surface area contributed by atoms with Gasteiger partial charge in [-0.3, -0.25) is 20.2 Å². The molecule has 1 heterocycles. The van der Waals surface area contributed by atoms with Gasteiger partial charge in [0.1, 0.15) is 12.1 Å². The number of rotatable bonds is 5. The average molecular weight is 375 g/mol. The van der Waals surface area contributed by atoms with Gasteiger partial charge in [-0.25, -0.2) is 0 Å². The van der Waals surface area contributed by atoms with E-state index >= 15 is 0 Å². The van der Waals surface area contributed by atoms with Crippen molar-refractivity contribution in [2.45, 2.75) is 31.0 Å². The number of hydrogen-bond acceptors (Lipinski definition) is 5. The Balaban J connectivity index is 2.06. The molecule has 0 aromatic heterocycles. The van der Waals surface area contributed by atoms with Crippen LogP contribution in [0.2, 0.25) is 5.02 Å². The standard InChI is InChI=1S/C19H19ClN2O4/c1-2-26-19(23)17-15(12-8-10-14(20)11-9-12)18(22(24)25)16(21-17)13-6-4-3-5-7-13/h3-11,15-18,21H,2H2,1H3/t15-,16+,17+,18+/m1/s1. The Kier molecular flexibility index (Phi) is 5.54. The fourth-order valence-corrected chi connectivity index (χ4v) is 3.65. The van der Waals surface area contributed by atoms with Crippen LogP contribution in [-0.2, 0) is 9.53 Å². The second kappa shape index (κ2) is 7.85. The monoisotopic (exact) mass is 374 g/mol. The first-order valence-corrected chi connectivity index (χ1v) is 8.77. The van der Waals surface area contributed by atoms with Gasteiger partial charge in [-0.2, -0.15) is 0 Å². The molecule has 6 nitrogen and oxygen atoms in total. The first-order chi connectivity index (χ1) is 12.5. The number of ether oxygens (including phenoxy) is 1. The molecule has 136 valence electrons. The number of nitrogens with zero attached hydrogens (tertiary/aromatic N) is 1. The Hall–Kier alpha value is -2.44. The number of benzene rings is 2. The lowest BCUT2D eigenvalue weighted by Crippen LogP contribution is -2.37. The zero-order valence-corrected chi connectivity index (χ0v) is 14.9. The predicted octanol–water partition coefficient (Wildman–Crippen LogP) is 3.35. The summed E-state index contributed by atoms with van der Waals surface area (Å²) >= 11 is 5.95. The molecule has 0 radical (unpaired) electrons. The largest absolute Gasteiger partial charge is 0.465 e. The van der Waals surface area contributed by atoms with Crippen LogP contribution in [0.5, 0.6) is 0 Å². The maximum absolute atomic E-state index is 12.5. The Bertz CT molecular complexity index is 782. The van der Waals surface area contributed by atoms with Crippen LogP contribution in [0.4, 0.5) is 0 Å². The number of nitrogens with one attached hydrogen (secondary N) is 1. The number of carbonyl (C=O) groups excluding carboxylic acids is 1. The Morgan fingerprint density at radius 2 is 1.81 bits per heavy atom. The average Bonchev–Trinajstić information content (AvgIpc) is 3.04. The van der Waals surface area contributed by atoms with E-state index in [9.17, 15) is 14.9 Å². The van der Waals surface area contributed by atoms with Crippen LogP contribution in [0.25, 0.3) is 0 Å². The summed E-state index contributed by atoms with van der Waals surface area (Å²) in [6.07, 6.45) is 0. The summed E-state index contributed by atoms with van der Waals surface area (Å²) in [4.78, 5) is 24.1. The molecule has 0 amide bonds. The number of nitro groups is 1. The lowest BCUT2D eigenvalue weighted by atomic mass is 9.85. The fraction of sp³-hybridized carbons (Fsp3) is 0.316. The van der Waals surface area contributed by atoms with Crippen molar-refractivity contribution in [1.82, 2.24) is 5.32 Å². The first kappa shape index (κ1) is 18.4. The first-order valence-electron chi connectivity index (χ1n) is 8.39. The summed E-state index contributed by atoms with van der Waals surface area (Å²) in [6.45, 7) is 1.92. The maximum atomic E-state index is 12.5. The summed E-state index contributed by atoms with van der Waals surface area (Å²) in [7, 11) is 0. The second-order valence-corrected chi connectivity index (χ2v) is 6.57. The lowest BCUT2D eigenvalue weighted by molar-refractivity contribution is -0.527. The third-order valence-electron chi connectivity index (χ3n) is 4.63. The van der Waals surface area contributed by atoms with Crippen LogP contribution in [0.15, 0.2) is 54.6 Å². The van der Waals surface area contributed by atoms with Crippen molar-refractivity contribution in [3.05, 3.63) is 80.9 Å². The maximum Gasteiger partial charge on any atom is 0.324 e. The molecule has 26 heavy (non-hydrogen) atoms. The quantitative estimate of drug-likeness (QED) is 0.493. The van der Waals surface area contributed by atoms with Crippen molar-refractivity contribution in [3.63, 3.8) is 0 Å². The van der Waals surface area contributed by atoms with Crippen molar-refractivity contribution >= 4 is 17.6 Å². The smallest absolute Gasteiger partial charge is 0.324 e. The van der Waals surface area contributed by atoms with Gasteiger partial charge in [0.15, 0.2) is 0 Å². The number of esters is 1. The van der Waals surface area contributed by atoms with Gasteiger partial charge in [0.25, 0.3) is 0 Å². The summed E-state index contributed by atoms with van der Waals surface area (Å²) in [6, 6.07) is 13.5. The van der Waals surface area contributed by atoms with Gasteiger partial charge >= 0.3 is 5.97 Å². The van der Waals surface area contributed by atoms with Crippen molar-refractivity contribution in [2.24, 2.45) is 0 Å². The van der Waals surface area contributed by atoms with E-state index in [1.54, 1.807) is 31.2 Å². The van der Waals surface area contributed by atoms with Gasteiger partial charge in [-0.1, -0.05) is 54.1 Å². The van der Waals surface area contributed by atoms with Crippen molar-refractivity contribution in [3.8, 4) is 0 Å². The van der Waals surface area contributed by atoms with E-state index in [0.717, 1.165) is 5.56 Å². The fourth-order valence-electron chi connectivity index (χ4n) is 3.53. The molecule has 1 fully saturated rings. The Morgan fingerprint density at radius 1 is 1.15 bits per heavy atom. The number of halogens is 1. The van der Waals surface area contributed by atoms with Gasteiger partial charge in [-0.05, 0) is 30.2 Å². The molecule has 1 aliphatic rings. The molecule has 0 unspecified atom stereocenters. The second-order valence-electron chi connectivity index (χ2n) is 6.14. The highest BCUT2D eigenvalue weighted by molar-refractivity contribution is 6.30. The van der Waals surface area contributed by atoms with Crippen LogP contribution in [0, 0.1) is 10.1 Å². The highest BCUT2D eigenvalue weighted by atomic mass is 35.5. The molecule has 1 aliphatic heterocycles. The van der Waals surface area contributed by atoms with Gasteiger partial charge < -0.3 is 4.74 Å². The van der Waals surface area contributed by atoms with Crippen molar-refractivity contribution < 1.29 is 14.5 Å². The molecule has 1 N–H and O–H groups in total. The van der Waals surface area contributed by atoms with Crippen LogP contribution >= 0.6 is 11.6 Å². The summed E-state index contributed by atoms with van der Waals surface area (Å²) < 4.78 is 5.16. The molecular weight excluding hydrogens is 356 g/mol. The minimum absolute atomic E-state index is 0.212. The van der Waals surface area contributed by atoms with Gasteiger partial charge in [0.05, 0.1) is 12.5 Å². The van der Waals surface area contributed by atoms with Crippen LogP contribution in [0.1, 0.15) is 30.0 Å². The number of carbonyl (C=O) groups is 1. The minimum atomic E-state index is -1.01. The highest BCUT2D eigenvalue weighted by Crippen LogP contribution is 2.40. The molecule has 1 saturated heterocycles. The van der Waals surface area contributed by atoms with Crippen LogP contribution in [-0.4, -0.2) is 29.6 Å². The normalized spacial score (nSPS) is 25.0. The van der Waals surface area contributed by atoms with E-state index in [4.69, 9.17) is 16.3 Å². The van der Waals surface area contributed by atoms with E-state index in [1.165, 1.54) is 0 Å². The van der Waals surface area contributed by atoms with E-state index in [1.807, 2.05) is 30.3 Å². The number of hydrogen-bond donors (Lipinski definition) is 1. The molecule has 7 heteroatoms. The molecule has 3 rings (SSSR count). The van der Waals surface area contributed by atoms with E-state index in [2.05, 4.69) is 5.32 Å². The molecule has 2 aromatic rings. The predicted molar refractivity (Wildman–Crippen MR) is 97.7 cm³/mol. The Labute approximate surface area is 156 Å². The minimum Gasteiger partial charge on any atom is -0.465 e. The molecular formula is C19H19ClN2O4. The Morgan fingerprint density at radius 3 is 2.38 bits per heavy atom. The molecule has 0 aliphatic carbocycles. The summed E-state index contributed by atoms with van der Waals surface area (Å²) in [5.74, 6) is -1.15. The zero-order valence-electron chi connectivity index (χ0n) is 14.2. The zero-order chi connectivity index (χ0) is 18.7. The molecule has 4 atom stereocenters. The van der Waals surface area contributed by atoms with E-state index in [0.29, 0.717) is 10.6 Å². The summed E-state index contributed by atoms with van der Waals surface area (Å²) in [5.41, 5.74) is 1.44. The van der Waals surface area contributed by atoms with Crippen LogP contribution in [0.3, 0.4) is 0 Å². The lowest BCUT2D eigenvalue weighted by Gasteiger charge is -2.19.